The summed E-state index contributed by atoms with van der Waals surface area (Å²) in [6.45, 7) is 16.3. The predicted molar refractivity (Wildman–Crippen MR) is 97.6 cm³/mol. The van der Waals surface area contributed by atoms with Gasteiger partial charge >= 0.3 is 11.9 Å². The van der Waals surface area contributed by atoms with Crippen LogP contribution in [0.25, 0.3) is 0 Å². The van der Waals surface area contributed by atoms with Crippen molar-refractivity contribution in [2.75, 3.05) is 6.61 Å². The van der Waals surface area contributed by atoms with Gasteiger partial charge in [-0.05, 0) is 18.3 Å². The molecule has 0 aliphatic heterocycles. The molecule has 0 aliphatic rings. The van der Waals surface area contributed by atoms with Crippen LogP contribution in [0, 0.1) is 23.2 Å². The standard InChI is InChI=1S/C20H38O4/c1-14(2)11-9-10-12-17(21)24-18(15(3)4)20(7,8)13-23-19(22)16(5)6/h14-16,18H,9-13H2,1-8H3. The van der Waals surface area contributed by atoms with Crippen molar-refractivity contribution in [3.05, 3.63) is 0 Å². The molecule has 0 aromatic carbocycles. The van der Waals surface area contributed by atoms with Gasteiger partial charge in [-0.1, -0.05) is 68.2 Å². The van der Waals surface area contributed by atoms with E-state index >= 15 is 0 Å². The van der Waals surface area contributed by atoms with Crippen molar-refractivity contribution >= 4 is 11.9 Å². The SMILES string of the molecule is CC(C)CCCCC(=O)OC(C(C)C)C(C)(C)COC(=O)C(C)C. The molecule has 0 rings (SSSR count). The molecule has 0 N–H and O–H groups in total. The van der Waals surface area contributed by atoms with Crippen molar-refractivity contribution in [3.8, 4) is 0 Å². The highest BCUT2D eigenvalue weighted by molar-refractivity contribution is 5.71. The lowest BCUT2D eigenvalue weighted by Crippen LogP contribution is -2.42. The van der Waals surface area contributed by atoms with Crippen LogP contribution in [-0.4, -0.2) is 24.6 Å². The van der Waals surface area contributed by atoms with Crippen LogP contribution in [0.5, 0.6) is 0 Å². The van der Waals surface area contributed by atoms with E-state index in [4.69, 9.17) is 9.47 Å². The average molecular weight is 343 g/mol. The number of ether oxygens (including phenoxy) is 2. The lowest BCUT2D eigenvalue weighted by atomic mass is 9.81. The molecule has 0 radical (unpaired) electrons. The summed E-state index contributed by atoms with van der Waals surface area (Å²) in [5.74, 6) is 0.310. The number of carbonyl (C=O) groups is 2. The molecule has 0 fully saturated rings. The Morgan fingerprint density at radius 2 is 1.54 bits per heavy atom. The number of rotatable bonds is 11. The minimum Gasteiger partial charge on any atom is -0.465 e. The van der Waals surface area contributed by atoms with Crippen LogP contribution in [0.15, 0.2) is 0 Å². The molecule has 4 heteroatoms. The first-order valence-electron chi connectivity index (χ1n) is 9.33. The molecule has 0 heterocycles. The highest BCUT2D eigenvalue weighted by Crippen LogP contribution is 2.30. The molecule has 0 saturated carbocycles. The second-order valence-electron chi connectivity index (χ2n) is 8.55. The first-order valence-corrected chi connectivity index (χ1v) is 9.33. The zero-order chi connectivity index (χ0) is 18.9. The topological polar surface area (TPSA) is 52.6 Å². The lowest BCUT2D eigenvalue weighted by molar-refractivity contribution is -0.166. The average Bonchev–Trinajstić information content (AvgIpc) is 2.46. The van der Waals surface area contributed by atoms with Crippen LogP contribution in [0.4, 0.5) is 0 Å². The van der Waals surface area contributed by atoms with Gasteiger partial charge in [0.05, 0.1) is 12.5 Å². The second-order valence-corrected chi connectivity index (χ2v) is 8.55. The van der Waals surface area contributed by atoms with Gasteiger partial charge < -0.3 is 9.47 Å². The monoisotopic (exact) mass is 342 g/mol. The summed E-state index contributed by atoms with van der Waals surface area (Å²) in [6.07, 6.45) is 3.24. The third kappa shape index (κ3) is 9.29. The molecule has 142 valence electrons. The third-order valence-corrected chi connectivity index (χ3v) is 4.10. The van der Waals surface area contributed by atoms with Crippen LogP contribution in [0.3, 0.4) is 0 Å². The third-order valence-electron chi connectivity index (χ3n) is 4.10. The molecule has 0 amide bonds. The fourth-order valence-corrected chi connectivity index (χ4v) is 2.73. The van der Waals surface area contributed by atoms with Gasteiger partial charge in [0.1, 0.15) is 6.10 Å². The van der Waals surface area contributed by atoms with E-state index in [0.717, 1.165) is 19.3 Å². The summed E-state index contributed by atoms with van der Waals surface area (Å²) in [5, 5.41) is 0. The maximum atomic E-state index is 12.2. The Hall–Kier alpha value is -1.06. The molecule has 0 spiro atoms. The summed E-state index contributed by atoms with van der Waals surface area (Å²) in [4.78, 5) is 23.9. The second kappa shape index (κ2) is 10.7. The number of hydrogen-bond donors (Lipinski definition) is 0. The fourth-order valence-electron chi connectivity index (χ4n) is 2.73. The van der Waals surface area contributed by atoms with Gasteiger partial charge in [-0.2, -0.15) is 0 Å². The van der Waals surface area contributed by atoms with Crippen molar-refractivity contribution in [1.82, 2.24) is 0 Å². The van der Waals surface area contributed by atoms with Crippen LogP contribution in [0.2, 0.25) is 0 Å². The molecule has 0 aliphatic carbocycles. The zero-order valence-electron chi connectivity index (χ0n) is 17.0. The quantitative estimate of drug-likeness (QED) is 0.392. The molecule has 4 nitrogen and oxygen atoms in total. The minimum atomic E-state index is -0.410. The maximum absolute atomic E-state index is 12.2. The number of hydrogen-bond acceptors (Lipinski definition) is 4. The largest absolute Gasteiger partial charge is 0.465 e. The van der Waals surface area contributed by atoms with E-state index in [-0.39, 0.29) is 36.5 Å². The summed E-state index contributed by atoms with van der Waals surface area (Å²) < 4.78 is 11.1. The Bertz CT molecular complexity index is 383. The Balaban J connectivity index is 4.55. The maximum Gasteiger partial charge on any atom is 0.308 e. The van der Waals surface area contributed by atoms with E-state index in [1.807, 2.05) is 41.5 Å². The highest BCUT2D eigenvalue weighted by Gasteiger charge is 2.36. The van der Waals surface area contributed by atoms with E-state index in [0.29, 0.717) is 12.3 Å². The number of esters is 2. The minimum absolute atomic E-state index is 0.151. The predicted octanol–water partition coefficient (Wildman–Crippen LogP) is 5.00. The molecule has 1 atom stereocenters. The normalized spacial score (nSPS) is 13.5. The zero-order valence-corrected chi connectivity index (χ0v) is 17.0. The van der Waals surface area contributed by atoms with E-state index in [1.165, 1.54) is 0 Å². The van der Waals surface area contributed by atoms with Gasteiger partial charge in [-0.15, -0.1) is 0 Å². The molecule has 0 bridgehead atoms. The summed E-state index contributed by atoms with van der Waals surface area (Å²) in [6, 6.07) is 0. The van der Waals surface area contributed by atoms with E-state index in [2.05, 4.69) is 13.8 Å². The van der Waals surface area contributed by atoms with Crippen molar-refractivity contribution in [2.45, 2.75) is 87.2 Å². The Morgan fingerprint density at radius 1 is 0.958 bits per heavy atom. The molecule has 1 unspecified atom stereocenters. The smallest absolute Gasteiger partial charge is 0.308 e. The van der Waals surface area contributed by atoms with Crippen molar-refractivity contribution in [1.29, 1.82) is 0 Å². The molecule has 24 heavy (non-hydrogen) atoms. The Labute approximate surface area is 148 Å². The fraction of sp³-hybridized carbons (Fsp3) is 0.900. The van der Waals surface area contributed by atoms with Gasteiger partial charge in [0.15, 0.2) is 0 Å². The van der Waals surface area contributed by atoms with E-state index in [1.54, 1.807) is 0 Å². The van der Waals surface area contributed by atoms with Gasteiger partial charge in [0.2, 0.25) is 0 Å². The Morgan fingerprint density at radius 3 is 2.00 bits per heavy atom. The van der Waals surface area contributed by atoms with Crippen LogP contribution in [0.1, 0.15) is 81.1 Å². The lowest BCUT2D eigenvalue weighted by Gasteiger charge is -2.36. The van der Waals surface area contributed by atoms with Gasteiger partial charge in [0, 0.05) is 11.8 Å². The molecule has 0 saturated heterocycles. The Kier molecular flexibility index (Phi) is 10.3. The van der Waals surface area contributed by atoms with Crippen molar-refractivity contribution in [2.24, 2.45) is 23.2 Å². The highest BCUT2D eigenvalue weighted by atomic mass is 16.6. The van der Waals surface area contributed by atoms with Gasteiger partial charge in [-0.3, -0.25) is 9.59 Å². The summed E-state index contributed by atoms with van der Waals surface area (Å²) >= 11 is 0. The molecular formula is C20H38O4. The van der Waals surface area contributed by atoms with Crippen LogP contribution in [-0.2, 0) is 19.1 Å². The first kappa shape index (κ1) is 22.9. The van der Waals surface area contributed by atoms with E-state index < -0.39 is 5.41 Å². The van der Waals surface area contributed by atoms with Crippen LogP contribution >= 0.6 is 0 Å². The first-order chi connectivity index (χ1) is 11.0. The molecule has 0 aromatic heterocycles. The molecule has 0 aromatic rings. The summed E-state index contributed by atoms with van der Waals surface area (Å²) in [7, 11) is 0. The number of carbonyl (C=O) groups excluding carboxylic acids is 2. The van der Waals surface area contributed by atoms with E-state index in [9.17, 15) is 9.59 Å². The van der Waals surface area contributed by atoms with Gasteiger partial charge in [-0.25, -0.2) is 0 Å². The van der Waals surface area contributed by atoms with Crippen LogP contribution < -0.4 is 0 Å². The number of unbranched alkanes of at least 4 members (excludes halogenated alkanes) is 1. The van der Waals surface area contributed by atoms with Crippen molar-refractivity contribution in [3.63, 3.8) is 0 Å². The molecular weight excluding hydrogens is 304 g/mol. The summed E-state index contributed by atoms with van der Waals surface area (Å²) in [5.41, 5.74) is -0.410. The van der Waals surface area contributed by atoms with Crippen molar-refractivity contribution < 1.29 is 19.1 Å². The van der Waals surface area contributed by atoms with Gasteiger partial charge in [0.25, 0.3) is 0 Å².